The second kappa shape index (κ2) is 9.95. The van der Waals surface area contributed by atoms with Crippen LogP contribution in [0.4, 0.5) is 114 Å². The fourth-order valence-corrected chi connectivity index (χ4v) is 2.79. The topological polar surface area (TPSA) is 0 Å². The molecule has 0 unspecified atom stereocenters. The molecule has 1 aromatic rings. The van der Waals surface area contributed by atoms with E-state index in [9.17, 15) is 114 Å². The Morgan fingerprint density at radius 3 is 0.545 bits per heavy atom. The van der Waals surface area contributed by atoms with Crippen molar-refractivity contribution in [1.82, 2.24) is 0 Å². The van der Waals surface area contributed by atoms with E-state index in [2.05, 4.69) is 0 Å². The van der Waals surface area contributed by atoms with Gasteiger partial charge in [-0.15, -0.1) is 0 Å². The summed E-state index contributed by atoms with van der Waals surface area (Å²) >= 11 is 0. The molecule has 0 saturated carbocycles. The van der Waals surface area contributed by atoms with E-state index in [1.54, 1.807) is 0 Å². The van der Waals surface area contributed by atoms with Gasteiger partial charge in [0, 0.05) is 11.1 Å². The third-order valence-corrected chi connectivity index (χ3v) is 5.48. The van der Waals surface area contributed by atoms with Crippen LogP contribution in [0.1, 0.15) is 11.1 Å². The van der Waals surface area contributed by atoms with Crippen molar-refractivity contribution >= 4 is 0 Å². The number of benzene rings is 1. The summed E-state index contributed by atoms with van der Waals surface area (Å²) in [5, 5.41) is 0. The number of hydrogen-bond acceptors (Lipinski definition) is 0. The molecule has 0 atom stereocenters. The zero-order chi connectivity index (χ0) is 36.0. The third kappa shape index (κ3) is 4.85. The molecule has 0 bridgehead atoms. The van der Waals surface area contributed by atoms with E-state index < -0.39 is 107 Å². The van der Waals surface area contributed by atoms with Gasteiger partial charge in [0.15, 0.2) is 0 Å². The lowest BCUT2D eigenvalue weighted by Gasteiger charge is -2.40. The zero-order valence-electron chi connectivity index (χ0n) is 19.1. The van der Waals surface area contributed by atoms with E-state index in [0.717, 1.165) is 0 Å². The highest BCUT2D eigenvalue weighted by atomic mass is 19.4. The first-order valence-electron chi connectivity index (χ1n) is 9.73. The van der Waals surface area contributed by atoms with Crippen LogP contribution in [0.15, 0.2) is 24.3 Å². The molecule has 26 heteroatoms. The Morgan fingerprint density at radius 2 is 0.386 bits per heavy atom. The molecule has 258 valence electrons. The lowest BCUT2D eigenvalue weighted by atomic mass is 9.88. The van der Waals surface area contributed by atoms with Crippen LogP contribution in [0.25, 0.3) is 0 Å². The molecule has 0 fully saturated rings. The van der Waals surface area contributed by atoms with Crippen molar-refractivity contribution in [3.8, 4) is 0 Å². The molecule has 0 radical (unpaired) electrons. The maximum absolute atomic E-state index is 14.1. The van der Waals surface area contributed by atoms with Crippen molar-refractivity contribution in [3.63, 3.8) is 0 Å². The minimum absolute atomic E-state index is 1.33. The van der Waals surface area contributed by atoms with Crippen LogP contribution in [-0.4, -0.2) is 59.7 Å². The van der Waals surface area contributed by atoms with E-state index in [1.165, 1.54) is 0 Å². The van der Waals surface area contributed by atoms with E-state index in [4.69, 9.17) is 0 Å². The van der Waals surface area contributed by atoms with Gasteiger partial charge in [0.1, 0.15) is 0 Å². The summed E-state index contributed by atoms with van der Waals surface area (Å²) in [4.78, 5) is 0. The van der Waals surface area contributed by atoms with Crippen LogP contribution in [0.5, 0.6) is 0 Å². The lowest BCUT2D eigenvalue weighted by Crippen LogP contribution is -2.69. The maximum Gasteiger partial charge on any atom is 0.460 e. The van der Waals surface area contributed by atoms with Crippen molar-refractivity contribution in [1.29, 1.82) is 0 Å². The van der Waals surface area contributed by atoms with Gasteiger partial charge in [0.2, 0.25) is 0 Å². The van der Waals surface area contributed by atoms with Crippen molar-refractivity contribution in [3.05, 3.63) is 35.4 Å². The van der Waals surface area contributed by atoms with Gasteiger partial charge in [0.25, 0.3) is 0 Å². The molecule has 0 N–H and O–H groups in total. The Hall–Kier alpha value is -2.60. The summed E-state index contributed by atoms with van der Waals surface area (Å²) in [6.07, 6.45) is -15.7. The first kappa shape index (κ1) is 39.4. The summed E-state index contributed by atoms with van der Waals surface area (Å²) in [7, 11) is 0. The van der Waals surface area contributed by atoms with Gasteiger partial charge < -0.3 is 0 Å². The van der Waals surface area contributed by atoms with Gasteiger partial charge in [-0.1, -0.05) is 24.3 Å². The summed E-state index contributed by atoms with van der Waals surface area (Å²) in [6, 6.07) is -5.32. The van der Waals surface area contributed by atoms with E-state index >= 15 is 0 Å². The van der Waals surface area contributed by atoms with Crippen LogP contribution in [0, 0.1) is 0 Å². The summed E-state index contributed by atoms with van der Waals surface area (Å²) in [6.45, 7) is 0. The second-order valence-corrected chi connectivity index (χ2v) is 8.32. The Kier molecular flexibility index (Phi) is 8.91. The second-order valence-electron chi connectivity index (χ2n) is 8.32. The molecule has 0 aliphatic rings. The number of rotatable bonds is 10. The fraction of sp³-hybridized carbons (Fsp3) is 0.667. The fourth-order valence-electron chi connectivity index (χ4n) is 2.79. The summed E-state index contributed by atoms with van der Waals surface area (Å²) < 4.78 is 343. The van der Waals surface area contributed by atoms with Crippen molar-refractivity contribution < 1.29 is 114 Å². The third-order valence-electron chi connectivity index (χ3n) is 5.48. The molecule has 0 aliphatic carbocycles. The normalized spacial score (nSPS) is 16.4. The molecule has 1 aromatic carbocycles. The van der Waals surface area contributed by atoms with Gasteiger partial charge in [-0.2, -0.15) is 114 Å². The average molecular weight is 714 g/mol. The Bertz CT molecular complexity index is 1090. The standard InChI is InChI=1S/C18H4F26/c19-7(20,9(23,24)11(27,28)13(31,32)15(35,36)17(39,40)41)5-1-2-6(4-3-5)8(21,22)10(25,26)12(29,30)14(33,34)16(37,38)18(42,43)44/h1-4H. The molecule has 0 nitrogen and oxygen atoms in total. The maximum atomic E-state index is 14.1. The minimum Gasteiger partial charge on any atom is -0.194 e. The van der Waals surface area contributed by atoms with Crippen LogP contribution < -0.4 is 0 Å². The Balaban J connectivity index is 3.72. The molecule has 0 aromatic heterocycles. The van der Waals surface area contributed by atoms with Crippen LogP contribution in [0.3, 0.4) is 0 Å². The predicted octanol–water partition coefficient (Wildman–Crippen LogP) is 10.1. The molecule has 44 heavy (non-hydrogen) atoms. The van der Waals surface area contributed by atoms with Gasteiger partial charge in [0.05, 0.1) is 0 Å². The minimum atomic E-state index is -8.45. The predicted molar refractivity (Wildman–Crippen MR) is 85.9 cm³/mol. The van der Waals surface area contributed by atoms with Crippen molar-refractivity contribution in [2.75, 3.05) is 0 Å². The highest BCUT2D eigenvalue weighted by Crippen LogP contribution is 2.64. The summed E-state index contributed by atoms with van der Waals surface area (Å²) in [5.74, 6) is -80.9. The van der Waals surface area contributed by atoms with Crippen LogP contribution >= 0.6 is 0 Å². The number of halogens is 26. The van der Waals surface area contributed by atoms with Crippen LogP contribution in [0.2, 0.25) is 0 Å². The monoisotopic (exact) mass is 714 g/mol. The first-order valence-corrected chi connectivity index (χ1v) is 9.73. The van der Waals surface area contributed by atoms with Gasteiger partial charge in [-0.05, 0) is 0 Å². The molecular formula is C18H4F26. The van der Waals surface area contributed by atoms with Crippen LogP contribution in [-0.2, 0) is 11.8 Å². The smallest absolute Gasteiger partial charge is 0.194 e. The van der Waals surface area contributed by atoms with E-state index in [1.807, 2.05) is 0 Å². The van der Waals surface area contributed by atoms with Gasteiger partial charge in [-0.25, -0.2) is 0 Å². The average Bonchev–Trinajstić information content (AvgIpc) is 2.81. The summed E-state index contributed by atoms with van der Waals surface area (Å²) in [5.41, 5.74) is -6.34. The molecular weight excluding hydrogens is 710 g/mol. The quantitative estimate of drug-likeness (QED) is 0.212. The highest BCUT2D eigenvalue weighted by molar-refractivity contribution is 5.33. The largest absolute Gasteiger partial charge is 0.460 e. The first-order chi connectivity index (χ1) is 18.7. The molecule has 1 rings (SSSR count). The Morgan fingerprint density at radius 1 is 0.227 bits per heavy atom. The van der Waals surface area contributed by atoms with E-state index in [-0.39, 0.29) is 0 Å². The highest BCUT2D eigenvalue weighted by Gasteiger charge is 2.92. The molecule has 0 heterocycles. The van der Waals surface area contributed by atoms with E-state index in [0.29, 0.717) is 0 Å². The zero-order valence-corrected chi connectivity index (χ0v) is 19.1. The molecule has 0 spiro atoms. The van der Waals surface area contributed by atoms with Gasteiger partial charge in [-0.3, -0.25) is 0 Å². The van der Waals surface area contributed by atoms with Crippen molar-refractivity contribution in [2.45, 2.75) is 71.6 Å². The molecule has 0 saturated heterocycles. The van der Waals surface area contributed by atoms with Gasteiger partial charge >= 0.3 is 71.6 Å². The Labute approximate surface area is 222 Å². The molecule has 0 aliphatic heterocycles. The number of hydrogen-bond donors (Lipinski definition) is 0. The lowest BCUT2D eigenvalue weighted by molar-refractivity contribution is -0.442. The molecule has 0 amide bonds. The SMILES string of the molecule is FC(F)(F)C(F)(F)C(F)(F)C(F)(F)C(F)(F)C(F)(F)c1ccc(C(F)(F)C(F)(F)C(F)(F)C(F)(F)C(F)(F)C(F)(F)F)cc1. The number of alkyl halides is 26. The van der Waals surface area contributed by atoms with Crippen molar-refractivity contribution in [2.24, 2.45) is 0 Å².